The van der Waals surface area contributed by atoms with Crippen LogP contribution in [0.15, 0.2) is 24.3 Å². The molecule has 16 heavy (non-hydrogen) atoms. The van der Waals surface area contributed by atoms with Gasteiger partial charge in [-0.05, 0) is 26.3 Å². The molecular weight excluding hydrogens is 200 g/mol. The number of nitrogens with one attached hydrogen (secondary N) is 1. The molecule has 0 heterocycles. The van der Waals surface area contributed by atoms with Crippen LogP contribution in [0.2, 0.25) is 0 Å². The van der Waals surface area contributed by atoms with Gasteiger partial charge in [0.15, 0.2) is 0 Å². The predicted molar refractivity (Wildman–Crippen MR) is 65.9 cm³/mol. The van der Waals surface area contributed by atoms with E-state index in [0.29, 0.717) is 13.0 Å². The van der Waals surface area contributed by atoms with Gasteiger partial charge < -0.3 is 11.1 Å². The maximum absolute atomic E-state index is 11.5. The van der Waals surface area contributed by atoms with Gasteiger partial charge in [0, 0.05) is 18.5 Å². The first-order chi connectivity index (χ1) is 7.37. The second kappa shape index (κ2) is 5.12. The van der Waals surface area contributed by atoms with Crippen LogP contribution in [0.25, 0.3) is 0 Å². The molecule has 0 aliphatic heterocycles. The Hall–Kier alpha value is -1.35. The fourth-order valence-corrected chi connectivity index (χ4v) is 1.38. The molecule has 3 heteroatoms. The summed E-state index contributed by atoms with van der Waals surface area (Å²) >= 11 is 0. The summed E-state index contributed by atoms with van der Waals surface area (Å²) in [5.74, 6) is -0.00641. The summed E-state index contributed by atoms with van der Waals surface area (Å²) in [6, 6.07) is 8.11. The van der Waals surface area contributed by atoms with Crippen LogP contribution in [0.1, 0.15) is 31.4 Å². The molecule has 0 spiro atoms. The quantitative estimate of drug-likeness (QED) is 0.812. The summed E-state index contributed by atoms with van der Waals surface area (Å²) in [6.07, 6.45) is 0.346. The Morgan fingerprint density at radius 1 is 1.31 bits per heavy atom. The highest BCUT2D eigenvalue weighted by Gasteiger charge is 2.15. The first-order valence-electron chi connectivity index (χ1n) is 5.48. The second-order valence-corrected chi connectivity index (χ2v) is 4.93. The molecule has 0 aromatic heterocycles. The number of benzene rings is 1. The zero-order valence-corrected chi connectivity index (χ0v) is 10.2. The Bertz CT molecular complexity index is 349. The van der Waals surface area contributed by atoms with Crippen molar-refractivity contribution in [1.82, 2.24) is 5.32 Å². The average molecular weight is 220 g/mol. The maximum atomic E-state index is 11.5. The molecular formula is C13H20N2O. The van der Waals surface area contributed by atoms with E-state index in [1.165, 1.54) is 5.56 Å². The van der Waals surface area contributed by atoms with Gasteiger partial charge in [0.05, 0.1) is 0 Å². The highest BCUT2D eigenvalue weighted by atomic mass is 16.1. The third-order valence-electron chi connectivity index (χ3n) is 2.23. The summed E-state index contributed by atoms with van der Waals surface area (Å²) in [4.78, 5) is 11.5. The van der Waals surface area contributed by atoms with Crippen molar-refractivity contribution < 1.29 is 4.79 Å². The van der Waals surface area contributed by atoms with E-state index in [0.717, 1.165) is 5.56 Å². The van der Waals surface area contributed by atoms with Crippen LogP contribution >= 0.6 is 0 Å². The van der Waals surface area contributed by atoms with Gasteiger partial charge >= 0.3 is 0 Å². The molecule has 88 valence electrons. The topological polar surface area (TPSA) is 55.1 Å². The molecule has 0 saturated heterocycles. The van der Waals surface area contributed by atoms with Crippen LogP contribution in [0, 0.1) is 6.92 Å². The lowest BCUT2D eigenvalue weighted by atomic mass is 10.0. The van der Waals surface area contributed by atoms with E-state index < -0.39 is 5.54 Å². The Morgan fingerprint density at radius 2 is 1.88 bits per heavy atom. The molecule has 0 saturated carbocycles. The second-order valence-electron chi connectivity index (χ2n) is 4.93. The number of carbonyl (C=O) groups is 1. The van der Waals surface area contributed by atoms with Crippen LogP contribution in [0.3, 0.4) is 0 Å². The van der Waals surface area contributed by atoms with Crippen LogP contribution in [0.5, 0.6) is 0 Å². The summed E-state index contributed by atoms with van der Waals surface area (Å²) in [5.41, 5.74) is 7.64. The van der Waals surface area contributed by atoms with Crippen molar-refractivity contribution in [1.29, 1.82) is 0 Å². The number of hydrogen-bond donors (Lipinski definition) is 2. The van der Waals surface area contributed by atoms with Gasteiger partial charge in [0.25, 0.3) is 0 Å². The zero-order chi connectivity index (χ0) is 12.2. The SMILES string of the molecule is Cc1ccc(CNC(=O)CC(C)(C)N)cc1. The first-order valence-corrected chi connectivity index (χ1v) is 5.48. The number of amides is 1. The minimum Gasteiger partial charge on any atom is -0.352 e. The summed E-state index contributed by atoms with van der Waals surface area (Å²) < 4.78 is 0. The highest BCUT2D eigenvalue weighted by Crippen LogP contribution is 2.05. The summed E-state index contributed by atoms with van der Waals surface area (Å²) in [5, 5.41) is 2.86. The third kappa shape index (κ3) is 4.94. The summed E-state index contributed by atoms with van der Waals surface area (Å²) in [7, 11) is 0. The van der Waals surface area contributed by atoms with E-state index in [4.69, 9.17) is 5.73 Å². The van der Waals surface area contributed by atoms with Crippen molar-refractivity contribution in [3.8, 4) is 0 Å². The predicted octanol–water partition coefficient (Wildman–Crippen LogP) is 1.74. The molecule has 3 nitrogen and oxygen atoms in total. The monoisotopic (exact) mass is 220 g/mol. The fraction of sp³-hybridized carbons (Fsp3) is 0.462. The molecule has 1 aromatic rings. The Morgan fingerprint density at radius 3 is 2.38 bits per heavy atom. The largest absolute Gasteiger partial charge is 0.352 e. The van der Waals surface area contributed by atoms with E-state index in [1.54, 1.807) is 0 Å². The summed E-state index contributed by atoms with van der Waals surface area (Å²) in [6.45, 7) is 6.30. The van der Waals surface area contributed by atoms with Gasteiger partial charge in [-0.15, -0.1) is 0 Å². The van der Waals surface area contributed by atoms with Crippen molar-refractivity contribution in [3.05, 3.63) is 35.4 Å². The van der Waals surface area contributed by atoms with Gasteiger partial charge in [-0.2, -0.15) is 0 Å². The standard InChI is InChI=1S/C13H20N2O/c1-10-4-6-11(7-5-10)9-15-12(16)8-13(2,3)14/h4-7H,8-9,14H2,1-3H3,(H,15,16). The van der Waals surface area contributed by atoms with Crippen molar-refractivity contribution in [2.75, 3.05) is 0 Å². The number of carbonyl (C=O) groups excluding carboxylic acids is 1. The molecule has 1 aromatic carbocycles. The molecule has 1 rings (SSSR count). The average Bonchev–Trinajstić information content (AvgIpc) is 2.14. The minimum atomic E-state index is -0.447. The van der Waals surface area contributed by atoms with E-state index in [2.05, 4.69) is 5.32 Å². The number of hydrogen-bond acceptors (Lipinski definition) is 2. The normalized spacial score (nSPS) is 11.2. The highest BCUT2D eigenvalue weighted by molar-refractivity contribution is 5.77. The van der Waals surface area contributed by atoms with Gasteiger partial charge in [-0.25, -0.2) is 0 Å². The molecule has 0 aliphatic carbocycles. The van der Waals surface area contributed by atoms with Crippen molar-refractivity contribution in [3.63, 3.8) is 0 Å². The van der Waals surface area contributed by atoms with Crippen LogP contribution in [-0.4, -0.2) is 11.4 Å². The molecule has 0 aliphatic rings. The molecule has 3 N–H and O–H groups in total. The smallest absolute Gasteiger partial charge is 0.222 e. The van der Waals surface area contributed by atoms with Gasteiger partial charge in [0.2, 0.25) is 5.91 Å². The lowest BCUT2D eigenvalue weighted by Crippen LogP contribution is -2.38. The number of nitrogens with two attached hydrogens (primary N) is 1. The Kier molecular flexibility index (Phi) is 4.07. The van der Waals surface area contributed by atoms with Gasteiger partial charge in [-0.1, -0.05) is 29.8 Å². The molecule has 0 atom stereocenters. The van der Waals surface area contributed by atoms with E-state index in [9.17, 15) is 4.79 Å². The van der Waals surface area contributed by atoms with Crippen molar-refractivity contribution in [2.45, 2.75) is 39.3 Å². The van der Waals surface area contributed by atoms with Crippen molar-refractivity contribution >= 4 is 5.91 Å². The molecule has 0 bridgehead atoms. The lowest BCUT2D eigenvalue weighted by molar-refractivity contribution is -0.122. The Labute approximate surface area is 97.0 Å². The zero-order valence-electron chi connectivity index (χ0n) is 10.2. The first kappa shape index (κ1) is 12.7. The van der Waals surface area contributed by atoms with Gasteiger partial charge in [-0.3, -0.25) is 4.79 Å². The van der Waals surface area contributed by atoms with E-state index in [-0.39, 0.29) is 5.91 Å². The van der Waals surface area contributed by atoms with Crippen LogP contribution in [0.4, 0.5) is 0 Å². The fourth-order valence-electron chi connectivity index (χ4n) is 1.38. The van der Waals surface area contributed by atoms with Crippen molar-refractivity contribution in [2.24, 2.45) is 5.73 Å². The molecule has 0 radical (unpaired) electrons. The van der Waals surface area contributed by atoms with E-state index >= 15 is 0 Å². The number of rotatable bonds is 4. The molecule has 0 fully saturated rings. The van der Waals surface area contributed by atoms with E-state index in [1.807, 2.05) is 45.0 Å². The third-order valence-corrected chi connectivity index (χ3v) is 2.23. The van der Waals surface area contributed by atoms with Gasteiger partial charge in [0.1, 0.15) is 0 Å². The maximum Gasteiger partial charge on any atom is 0.222 e. The van der Waals surface area contributed by atoms with Crippen LogP contribution in [-0.2, 0) is 11.3 Å². The molecule has 1 amide bonds. The lowest BCUT2D eigenvalue weighted by Gasteiger charge is -2.17. The van der Waals surface area contributed by atoms with Crippen LogP contribution < -0.4 is 11.1 Å². The molecule has 0 unspecified atom stereocenters. The minimum absolute atomic E-state index is 0.00641. The Balaban J connectivity index is 2.40. The number of aryl methyl sites for hydroxylation is 1.